The number of nitrogens with zero attached hydrogens (tertiary/aromatic N) is 1. The average Bonchev–Trinajstić information content (AvgIpc) is 3.10. The van der Waals surface area contributed by atoms with Crippen LogP contribution in [-0.2, 0) is 22.3 Å². The highest BCUT2D eigenvalue weighted by molar-refractivity contribution is 5.82. The molecule has 1 saturated carbocycles. The molecule has 3 heterocycles. The Balaban J connectivity index is 1.52. The molecule has 0 saturated heterocycles. The fourth-order valence-electron chi connectivity index (χ4n) is 5.06. The molecule has 2 aliphatic rings. The number of benzene rings is 1. The summed E-state index contributed by atoms with van der Waals surface area (Å²) in [4.78, 5) is 8.14. The molecule has 0 bridgehead atoms. The molecule has 1 aliphatic carbocycles. The van der Waals surface area contributed by atoms with Crippen LogP contribution in [0.3, 0.4) is 0 Å². The molecule has 0 unspecified atom stereocenters. The van der Waals surface area contributed by atoms with E-state index in [4.69, 9.17) is 4.74 Å². The number of nitrogens with one attached hydrogen (secondary N) is 2. The van der Waals surface area contributed by atoms with Gasteiger partial charge in [-0.15, -0.1) is 0 Å². The molecule has 0 radical (unpaired) electrons. The van der Waals surface area contributed by atoms with E-state index >= 15 is 0 Å². The van der Waals surface area contributed by atoms with E-state index in [9.17, 15) is 0 Å². The predicted molar refractivity (Wildman–Crippen MR) is 103 cm³/mol. The van der Waals surface area contributed by atoms with E-state index in [2.05, 4.69) is 58.7 Å². The Bertz CT molecular complexity index is 923. The van der Waals surface area contributed by atoms with Crippen LogP contribution in [0.2, 0.25) is 0 Å². The van der Waals surface area contributed by atoms with Gasteiger partial charge in [-0.1, -0.05) is 30.3 Å². The lowest BCUT2D eigenvalue weighted by Crippen LogP contribution is -2.49. The van der Waals surface area contributed by atoms with Gasteiger partial charge < -0.3 is 15.0 Å². The first-order valence-electron chi connectivity index (χ1n) is 9.61. The maximum absolute atomic E-state index is 6.45. The lowest BCUT2D eigenvalue weighted by atomic mass is 9.68. The standard InChI is InChI=1S/C22H25N3O/c1-23-21(16-6-3-2-4-7-16)10-12-22(13-11-21)19-17(9-15-26-22)18-8-5-14-24-20(18)25-19/h2-8,14,23H,9-13,15H2,1H3,(H,24,25). The zero-order chi connectivity index (χ0) is 17.6. The molecule has 4 nitrogen and oxygen atoms in total. The van der Waals surface area contributed by atoms with Crippen molar-refractivity contribution in [2.24, 2.45) is 0 Å². The first-order chi connectivity index (χ1) is 12.8. The van der Waals surface area contributed by atoms with Crippen molar-refractivity contribution in [1.82, 2.24) is 15.3 Å². The van der Waals surface area contributed by atoms with Crippen LogP contribution in [0.4, 0.5) is 0 Å². The van der Waals surface area contributed by atoms with Gasteiger partial charge in [0.1, 0.15) is 11.2 Å². The Morgan fingerprint density at radius 3 is 2.62 bits per heavy atom. The summed E-state index contributed by atoms with van der Waals surface area (Å²) < 4.78 is 6.45. The van der Waals surface area contributed by atoms with Crippen LogP contribution in [0, 0.1) is 0 Å². The second kappa shape index (κ2) is 5.93. The smallest absolute Gasteiger partial charge is 0.137 e. The summed E-state index contributed by atoms with van der Waals surface area (Å²) in [6, 6.07) is 15.1. The van der Waals surface area contributed by atoms with Crippen LogP contribution in [0.15, 0.2) is 48.7 Å². The molecule has 26 heavy (non-hydrogen) atoms. The van der Waals surface area contributed by atoms with Crippen molar-refractivity contribution >= 4 is 11.0 Å². The van der Waals surface area contributed by atoms with E-state index in [1.807, 2.05) is 12.3 Å². The van der Waals surface area contributed by atoms with Crippen LogP contribution in [0.5, 0.6) is 0 Å². The molecule has 5 rings (SSSR count). The highest BCUT2D eigenvalue weighted by Gasteiger charge is 2.47. The molecule has 4 heteroatoms. The third kappa shape index (κ3) is 2.25. The van der Waals surface area contributed by atoms with Gasteiger partial charge in [0.2, 0.25) is 0 Å². The Morgan fingerprint density at radius 2 is 1.85 bits per heavy atom. The lowest BCUT2D eigenvalue weighted by molar-refractivity contribution is -0.101. The summed E-state index contributed by atoms with van der Waals surface area (Å²) in [5, 5.41) is 4.89. The molecular weight excluding hydrogens is 322 g/mol. The SMILES string of the molecule is CNC1(c2ccccc2)CCC2(CC1)OCCc1c2[nH]c2ncccc12. The van der Waals surface area contributed by atoms with E-state index in [1.54, 1.807) is 0 Å². The minimum Gasteiger partial charge on any atom is -0.368 e. The number of fused-ring (bicyclic) bond motifs is 4. The summed E-state index contributed by atoms with van der Waals surface area (Å²) in [6.07, 6.45) is 7.00. The van der Waals surface area contributed by atoms with Crippen molar-refractivity contribution in [2.75, 3.05) is 13.7 Å². The molecule has 0 atom stereocenters. The maximum atomic E-state index is 6.45. The van der Waals surface area contributed by atoms with E-state index < -0.39 is 0 Å². The van der Waals surface area contributed by atoms with Crippen molar-refractivity contribution < 1.29 is 4.74 Å². The van der Waals surface area contributed by atoms with Crippen molar-refractivity contribution in [3.8, 4) is 0 Å². The Kier molecular flexibility index (Phi) is 3.66. The second-order valence-corrected chi connectivity index (χ2v) is 7.67. The predicted octanol–water partition coefficient (Wildman–Crippen LogP) is 4.02. The largest absolute Gasteiger partial charge is 0.368 e. The number of pyridine rings is 1. The third-order valence-electron chi connectivity index (χ3n) is 6.58. The normalized spacial score (nSPS) is 28.3. The van der Waals surface area contributed by atoms with Gasteiger partial charge >= 0.3 is 0 Å². The molecular formula is C22H25N3O. The van der Waals surface area contributed by atoms with Gasteiger partial charge in [0, 0.05) is 17.1 Å². The number of hydrogen-bond acceptors (Lipinski definition) is 3. The molecule has 1 fully saturated rings. The van der Waals surface area contributed by atoms with Crippen LogP contribution >= 0.6 is 0 Å². The Morgan fingerprint density at radius 1 is 1.04 bits per heavy atom. The molecule has 0 amide bonds. The van der Waals surface area contributed by atoms with Crippen molar-refractivity contribution in [1.29, 1.82) is 0 Å². The maximum Gasteiger partial charge on any atom is 0.137 e. The third-order valence-corrected chi connectivity index (χ3v) is 6.58. The van der Waals surface area contributed by atoms with Gasteiger partial charge in [-0.3, -0.25) is 0 Å². The Hall–Kier alpha value is -2.17. The zero-order valence-electron chi connectivity index (χ0n) is 15.2. The molecule has 1 spiro atoms. The van der Waals surface area contributed by atoms with Crippen molar-refractivity contribution in [3.63, 3.8) is 0 Å². The monoisotopic (exact) mass is 347 g/mol. The average molecular weight is 347 g/mol. The van der Waals surface area contributed by atoms with Gasteiger partial charge in [-0.05, 0) is 62.4 Å². The van der Waals surface area contributed by atoms with Gasteiger partial charge in [-0.2, -0.15) is 0 Å². The second-order valence-electron chi connectivity index (χ2n) is 7.67. The van der Waals surface area contributed by atoms with Crippen LogP contribution < -0.4 is 5.32 Å². The van der Waals surface area contributed by atoms with Gasteiger partial charge in [-0.25, -0.2) is 4.98 Å². The zero-order valence-corrected chi connectivity index (χ0v) is 15.2. The molecule has 2 aromatic heterocycles. The highest BCUT2D eigenvalue weighted by atomic mass is 16.5. The molecule has 134 valence electrons. The Labute approximate surface area is 154 Å². The van der Waals surface area contributed by atoms with E-state index in [0.717, 1.165) is 44.4 Å². The summed E-state index contributed by atoms with van der Waals surface area (Å²) in [6.45, 7) is 0.798. The van der Waals surface area contributed by atoms with Gasteiger partial charge in [0.05, 0.1) is 12.3 Å². The number of aromatic nitrogens is 2. The molecule has 2 N–H and O–H groups in total. The first kappa shape index (κ1) is 16.0. The highest BCUT2D eigenvalue weighted by Crippen LogP contribution is 2.50. The molecule has 3 aromatic rings. The number of hydrogen-bond donors (Lipinski definition) is 2. The quantitative estimate of drug-likeness (QED) is 0.736. The fourth-order valence-corrected chi connectivity index (χ4v) is 5.06. The topological polar surface area (TPSA) is 49.9 Å². The van der Waals surface area contributed by atoms with Gasteiger partial charge in [0.15, 0.2) is 0 Å². The van der Waals surface area contributed by atoms with Crippen LogP contribution in [0.25, 0.3) is 11.0 Å². The number of ether oxygens (including phenoxy) is 1. The van der Waals surface area contributed by atoms with Crippen LogP contribution in [0.1, 0.15) is 42.5 Å². The van der Waals surface area contributed by atoms with Gasteiger partial charge in [0.25, 0.3) is 0 Å². The van der Waals surface area contributed by atoms with E-state index in [0.29, 0.717) is 0 Å². The molecule has 1 aromatic carbocycles. The minimum atomic E-state index is -0.191. The molecule has 1 aliphatic heterocycles. The van der Waals surface area contributed by atoms with E-state index in [1.165, 1.54) is 22.2 Å². The summed E-state index contributed by atoms with van der Waals surface area (Å²) in [5.41, 5.74) is 4.91. The number of rotatable bonds is 2. The van der Waals surface area contributed by atoms with Crippen molar-refractivity contribution in [2.45, 2.75) is 43.2 Å². The number of H-pyrrole nitrogens is 1. The van der Waals surface area contributed by atoms with Crippen LogP contribution in [-0.4, -0.2) is 23.6 Å². The summed E-state index contributed by atoms with van der Waals surface area (Å²) in [5.74, 6) is 0. The van der Waals surface area contributed by atoms with Crippen molar-refractivity contribution in [3.05, 3.63) is 65.5 Å². The number of aromatic amines is 1. The summed E-state index contributed by atoms with van der Waals surface area (Å²) in [7, 11) is 2.09. The fraction of sp³-hybridized carbons (Fsp3) is 0.409. The first-order valence-corrected chi connectivity index (χ1v) is 9.61. The lowest BCUT2D eigenvalue weighted by Gasteiger charge is -2.48. The minimum absolute atomic E-state index is 0.0394. The summed E-state index contributed by atoms with van der Waals surface area (Å²) >= 11 is 0. The van der Waals surface area contributed by atoms with E-state index in [-0.39, 0.29) is 11.1 Å².